The van der Waals surface area contributed by atoms with Crippen LogP contribution in [0, 0.1) is 6.92 Å². The number of anilines is 2. The van der Waals surface area contributed by atoms with Crippen LogP contribution in [0.3, 0.4) is 0 Å². The largest absolute Gasteiger partial charge is 0.366 e. The third kappa shape index (κ3) is 4.59. The van der Waals surface area contributed by atoms with E-state index in [0.29, 0.717) is 18.3 Å². The van der Waals surface area contributed by atoms with Gasteiger partial charge in [-0.3, -0.25) is 4.79 Å². The number of rotatable bonds is 5. The fourth-order valence-electron chi connectivity index (χ4n) is 3.52. The number of hydrogen-bond donors (Lipinski definition) is 1. The summed E-state index contributed by atoms with van der Waals surface area (Å²) in [6, 6.07) is 8.41. The third-order valence-corrected chi connectivity index (χ3v) is 4.95. The van der Waals surface area contributed by atoms with E-state index in [2.05, 4.69) is 15.3 Å². The maximum absolute atomic E-state index is 12.8. The van der Waals surface area contributed by atoms with Gasteiger partial charge in [0.1, 0.15) is 11.5 Å². The van der Waals surface area contributed by atoms with Crippen LogP contribution in [0.4, 0.5) is 11.5 Å². The van der Waals surface area contributed by atoms with Crippen LogP contribution in [-0.4, -0.2) is 28.5 Å². The molecule has 2 aromatic rings. The number of nitrogens with zero attached hydrogens (tertiary/aromatic N) is 3. The van der Waals surface area contributed by atoms with E-state index >= 15 is 0 Å². The highest BCUT2D eigenvalue weighted by atomic mass is 16.2. The van der Waals surface area contributed by atoms with Crippen molar-refractivity contribution in [2.45, 2.75) is 58.4 Å². The molecule has 1 fully saturated rings. The second-order valence-electron chi connectivity index (χ2n) is 7.01. The molecule has 0 unspecified atom stereocenters. The summed E-state index contributed by atoms with van der Waals surface area (Å²) in [6.07, 6.45) is 10.8. The maximum atomic E-state index is 12.8. The monoisotopic (exact) mass is 352 g/mol. The molecule has 1 aliphatic carbocycles. The molecule has 1 amide bonds. The Kier molecular flexibility index (Phi) is 6.21. The quantitative estimate of drug-likeness (QED) is 0.800. The molecule has 0 bridgehead atoms. The topological polar surface area (TPSA) is 58.1 Å². The van der Waals surface area contributed by atoms with Crippen molar-refractivity contribution in [3.05, 3.63) is 47.9 Å². The van der Waals surface area contributed by atoms with Crippen molar-refractivity contribution in [3.8, 4) is 0 Å². The molecular formula is C21H28N4O. The molecule has 0 spiro atoms. The highest BCUT2D eigenvalue weighted by Gasteiger charge is 2.18. The normalized spacial score (nSPS) is 15.3. The molecule has 1 saturated carbocycles. The van der Waals surface area contributed by atoms with Gasteiger partial charge in [-0.25, -0.2) is 9.97 Å². The Morgan fingerprint density at radius 1 is 1.15 bits per heavy atom. The summed E-state index contributed by atoms with van der Waals surface area (Å²) < 4.78 is 0. The molecule has 3 rings (SSSR count). The molecule has 1 aromatic heterocycles. The summed E-state index contributed by atoms with van der Waals surface area (Å²) >= 11 is 0. The Hall–Kier alpha value is -2.43. The van der Waals surface area contributed by atoms with Gasteiger partial charge in [0.2, 0.25) is 0 Å². The van der Waals surface area contributed by atoms with Crippen LogP contribution < -0.4 is 10.2 Å². The highest BCUT2D eigenvalue weighted by molar-refractivity contribution is 6.04. The number of benzene rings is 1. The van der Waals surface area contributed by atoms with E-state index in [1.807, 2.05) is 38.1 Å². The molecule has 0 saturated heterocycles. The SMILES string of the molecule is CCN(C(=O)c1cnc(NC2CCCCCC2)cn1)c1cccc(C)c1. The lowest BCUT2D eigenvalue weighted by molar-refractivity contribution is 0.0983. The van der Waals surface area contributed by atoms with Crippen molar-refractivity contribution >= 4 is 17.4 Å². The minimum atomic E-state index is -0.119. The summed E-state index contributed by atoms with van der Waals surface area (Å²) in [7, 11) is 0. The van der Waals surface area contributed by atoms with E-state index < -0.39 is 0 Å². The summed E-state index contributed by atoms with van der Waals surface area (Å²) in [5, 5.41) is 3.47. The molecule has 5 heteroatoms. The molecule has 138 valence electrons. The van der Waals surface area contributed by atoms with Crippen LogP contribution in [0.1, 0.15) is 61.5 Å². The van der Waals surface area contributed by atoms with Crippen LogP contribution in [0.25, 0.3) is 0 Å². The second kappa shape index (κ2) is 8.79. The van der Waals surface area contributed by atoms with E-state index in [1.54, 1.807) is 17.3 Å². The molecule has 1 aromatic carbocycles. The van der Waals surface area contributed by atoms with Crippen molar-refractivity contribution in [1.29, 1.82) is 0 Å². The smallest absolute Gasteiger partial charge is 0.278 e. The predicted octanol–water partition coefficient (Wildman–Crippen LogP) is 4.59. The Morgan fingerprint density at radius 2 is 1.92 bits per heavy atom. The number of amides is 1. The second-order valence-corrected chi connectivity index (χ2v) is 7.01. The number of aromatic nitrogens is 2. The first kappa shape index (κ1) is 18.4. The average Bonchev–Trinajstić information content (AvgIpc) is 2.92. The van der Waals surface area contributed by atoms with Gasteiger partial charge in [-0.2, -0.15) is 0 Å². The van der Waals surface area contributed by atoms with Gasteiger partial charge in [0.15, 0.2) is 0 Å². The number of carbonyl (C=O) groups excluding carboxylic acids is 1. The first-order valence-electron chi connectivity index (χ1n) is 9.64. The molecule has 5 nitrogen and oxygen atoms in total. The third-order valence-electron chi connectivity index (χ3n) is 4.95. The standard InChI is InChI=1S/C21H28N4O/c1-3-25(18-12-8-9-16(2)13-18)21(26)19-14-23-20(15-22-19)24-17-10-6-4-5-7-11-17/h8-9,12-15,17H,3-7,10-11H2,1-2H3,(H,23,24). The summed E-state index contributed by atoms with van der Waals surface area (Å²) in [5.41, 5.74) is 2.39. The van der Waals surface area contributed by atoms with Crippen LogP contribution >= 0.6 is 0 Å². The van der Waals surface area contributed by atoms with Crippen molar-refractivity contribution in [2.24, 2.45) is 0 Å². The van der Waals surface area contributed by atoms with Crippen LogP contribution in [0.15, 0.2) is 36.7 Å². The number of nitrogens with one attached hydrogen (secondary N) is 1. The van der Waals surface area contributed by atoms with E-state index in [0.717, 1.165) is 17.1 Å². The molecule has 26 heavy (non-hydrogen) atoms. The van der Waals surface area contributed by atoms with Crippen LogP contribution in [-0.2, 0) is 0 Å². The van der Waals surface area contributed by atoms with Crippen molar-refractivity contribution in [1.82, 2.24) is 9.97 Å². The van der Waals surface area contributed by atoms with Gasteiger partial charge in [0.25, 0.3) is 5.91 Å². The minimum Gasteiger partial charge on any atom is -0.366 e. The molecule has 1 aliphatic rings. The van der Waals surface area contributed by atoms with Gasteiger partial charge >= 0.3 is 0 Å². The number of hydrogen-bond acceptors (Lipinski definition) is 4. The zero-order valence-corrected chi connectivity index (χ0v) is 15.7. The summed E-state index contributed by atoms with van der Waals surface area (Å²) in [4.78, 5) is 23.4. The van der Waals surface area contributed by atoms with Crippen LogP contribution in [0.5, 0.6) is 0 Å². The maximum Gasteiger partial charge on any atom is 0.278 e. The lowest BCUT2D eigenvalue weighted by Crippen LogP contribution is -2.31. The van der Waals surface area contributed by atoms with Gasteiger partial charge in [0, 0.05) is 18.3 Å². The van der Waals surface area contributed by atoms with Gasteiger partial charge in [-0.05, 0) is 44.4 Å². The van der Waals surface area contributed by atoms with Gasteiger partial charge in [-0.15, -0.1) is 0 Å². The molecule has 0 aliphatic heterocycles. The predicted molar refractivity (Wildman–Crippen MR) is 106 cm³/mol. The van der Waals surface area contributed by atoms with Gasteiger partial charge in [0.05, 0.1) is 12.4 Å². The molecule has 1 N–H and O–H groups in total. The van der Waals surface area contributed by atoms with Crippen molar-refractivity contribution < 1.29 is 4.79 Å². The number of carbonyl (C=O) groups is 1. The molecule has 0 radical (unpaired) electrons. The van der Waals surface area contributed by atoms with Gasteiger partial charge < -0.3 is 10.2 Å². The lowest BCUT2D eigenvalue weighted by Gasteiger charge is -2.21. The summed E-state index contributed by atoms with van der Waals surface area (Å²) in [5.74, 6) is 0.638. The van der Waals surface area contributed by atoms with E-state index in [1.165, 1.54) is 38.5 Å². The molecule has 0 atom stereocenters. The average molecular weight is 352 g/mol. The highest BCUT2D eigenvalue weighted by Crippen LogP contribution is 2.21. The van der Waals surface area contributed by atoms with Crippen molar-refractivity contribution in [3.63, 3.8) is 0 Å². The van der Waals surface area contributed by atoms with Gasteiger partial charge in [-0.1, -0.05) is 37.8 Å². The van der Waals surface area contributed by atoms with E-state index in [-0.39, 0.29) is 5.91 Å². The Bertz CT molecular complexity index is 721. The fourth-order valence-corrected chi connectivity index (χ4v) is 3.52. The zero-order chi connectivity index (χ0) is 18.4. The summed E-state index contributed by atoms with van der Waals surface area (Å²) in [6.45, 7) is 4.58. The zero-order valence-electron chi connectivity index (χ0n) is 15.7. The van der Waals surface area contributed by atoms with E-state index in [9.17, 15) is 4.79 Å². The fraction of sp³-hybridized carbons (Fsp3) is 0.476. The van der Waals surface area contributed by atoms with Crippen molar-refractivity contribution in [2.75, 3.05) is 16.8 Å². The Labute approximate surface area is 155 Å². The first-order chi connectivity index (χ1) is 12.7. The molecule has 1 heterocycles. The first-order valence-corrected chi connectivity index (χ1v) is 9.64. The van der Waals surface area contributed by atoms with E-state index in [4.69, 9.17) is 0 Å². The Morgan fingerprint density at radius 3 is 2.54 bits per heavy atom. The number of aryl methyl sites for hydroxylation is 1. The van der Waals surface area contributed by atoms with Crippen LogP contribution in [0.2, 0.25) is 0 Å². The molecular weight excluding hydrogens is 324 g/mol. The minimum absolute atomic E-state index is 0.119. The Balaban J connectivity index is 1.69. The lowest BCUT2D eigenvalue weighted by atomic mass is 10.1.